The van der Waals surface area contributed by atoms with Crippen molar-refractivity contribution in [2.75, 3.05) is 12.9 Å². The highest BCUT2D eigenvalue weighted by Crippen LogP contribution is 2.58. The number of carbonyl (C=O) groups excluding carboxylic acids is 1. The van der Waals surface area contributed by atoms with E-state index >= 15 is 0 Å². The Balaban J connectivity index is 1.97. The lowest BCUT2D eigenvalue weighted by atomic mass is 9.71. The third-order valence-electron chi connectivity index (χ3n) is 6.24. The molecule has 0 N–H and O–H groups in total. The molecule has 0 bridgehead atoms. The molecule has 3 rings (SSSR count). The minimum absolute atomic E-state index is 0.253. The molecule has 0 atom stereocenters. The Labute approximate surface area is 150 Å². The molecule has 1 saturated carbocycles. The first kappa shape index (κ1) is 17.6. The van der Waals surface area contributed by atoms with Crippen LogP contribution < -0.4 is 0 Å². The van der Waals surface area contributed by atoms with Crippen LogP contribution >= 0.6 is 11.8 Å². The van der Waals surface area contributed by atoms with Gasteiger partial charge < -0.3 is 4.74 Å². The Kier molecular flexibility index (Phi) is 4.59. The number of esters is 1. The maximum Gasteiger partial charge on any atom is 0.337 e. The summed E-state index contributed by atoms with van der Waals surface area (Å²) in [5, 5.41) is 0. The number of ether oxygens (including phenoxy) is 1. The first-order valence-electron chi connectivity index (χ1n) is 8.81. The summed E-state index contributed by atoms with van der Waals surface area (Å²) >= 11 is 1.85. The highest BCUT2D eigenvalue weighted by Gasteiger charge is 2.47. The number of methoxy groups -OCH3 is 1. The van der Waals surface area contributed by atoms with Crippen LogP contribution in [0.2, 0.25) is 0 Å². The largest absolute Gasteiger partial charge is 0.465 e. The van der Waals surface area contributed by atoms with Crippen molar-refractivity contribution in [3.63, 3.8) is 0 Å². The molecule has 3 heteroatoms. The van der Waals surface area contributed by atoms with Crippen LogP contribution in [-0.4, -0.2) is 18.8 Å². The third-order valence-corrected chi connectivity index (χ3v) is 7.33. The molecule has 2 nitrogen and oxygen atoms in total. The Morgan fingerprint density at radius 2 is 1.83 bits per heavy atom. The van der Waals surface area contributed by atoms with E-state index in [1.165, 1.54) is 36.0 Å². The highest BCUT2D eigenvalue weighted by molar-refractivity contribution is 7.99. The summed E-state index contributed by atoms with van der Waals surface area (Å²) in [5.41, 5.74) is 4.17. The van der Waals surface area contributed by atoms with Gasteiger partial charge in [-0.25, -0.2) is 4.79 Å². The average molecular weight is 345 g/mol. The lowest BCUT2D eigenvalue weighted by molar-refractivity contribution is 0.0600. The van der Waals surface area contributed by atoms with E-state index in [1.54, 1.807) is 0 Å². The van der Waals surface area contributed by atoms with Gasteiger partial charge in [-0.3, -0.25) is 0 Å². The number of fused-ring (bicyclic) bond motifs is 1. The number of hydrogen-bond acceptors (Lipinski definition) is 3. The van der Waals surface area contributed by atoms with Crippen LogP contribution in [0.4, 0.5) is 0 Å². The minimum Gasteiger partial charge on any atom is -0.465 e. The van der Waals surface area contributed by atoms with Gasteiger partial charge in [-0.05, 0) is 59.3 Å². The van der Waals surface area contributed by atoms with Gasteiger partial charge in [0.1, 0.15) is 0 Å². The van der Waals surface area contributed by atoms with Crippen molar-refractivity contribution < 1.29 is 9.53 Å². The number of benzene rings is 1. The smallest absolute Gasteiger partial charge is 0.337 e. The molecular weight excluding hydrogens is 316 g/mol. The van der Waals surface area contributed by atoms with Crippen LogP contribution in [0.15, 0.2) is 29.2 Å². The molecule has 130 valence electrons. The van der Waals surface area contributed by atoms with Crippen LogP contribution in [0.25, 0.3) is 5.57 Å². The monoisotopic (exact) mass is 344 g/mol. The Hall–Kier alpha value is -1.22. The Morgan fingerprint density at radius 3 is 2.46 bits per heavy atom. The molecule has 0 saturated heterocycles. The number of allylic oxidation sites excluding steroid dienone is 2. The summed E-state index contributed by atoms with van der Waals surface area (Å²) in [7, 11) is 1.44. The number of carbonyl (C=O) groups is 1. The molecule has 1 heterocycles. The van der Waals surface area contributed by atoms with Crippen LogP contribution in [0, 0.1) is 16.7 Å². The van der Waals surface area contributed by atoms with E-state index in [9.17, 15) is 4.79 Å². The SMILES string of the molecule is COC(=O)c1ccc2c(c1)SCCC=C2C1CC(C)(C)C(C)(C)C1. The molecule has 0 unspecified atom stereocenters. The van der Waals surface area contributed by atoms with E-state index in [4.69, 9.17) is 4.74 Å². The first-order valence-corrected chi connectivity index (χ1v) is 9.79. The standard InChI is InChI=1S/C21H28O2S/c1-20(2)12-15(13-21(20,3)4)16-7-6-10-24-18-11-14(19(22)23-5)8-9-17(16)18/h7-9,11,15H,6,10,12-13H2,1-5H3. The Bertz CT molecular complexity index is 669. The molecule has 24 heavy (non-hydrogen) atoms. The second kappa shape index (κ2) is 6.25. The fraction of sp³-hybridized carbons (Fsp3) is 0.571. The topological polar surface area (TPSA) is 26.3 Å². The predicted molar refractivity (Wildman–Crippen MR) is 101 cm³/mol. The Morgan fingerprint density at radius 1 is 1.17 bits per heavy atom. The van der Waals surface area contributed by atoms with Gasteiger partial charge in [0, 0.05) is 10.6 Å². The summed E-state index contributed by atoms with van der Waals surface area (Å²) in [5.74, 6) is 1.42. The number of thioether (sulfide) groups is 1. The van der Waals surface area contributed by atoms with E-state index in [0.717, 1.165) is 12.2 Å². The lowest BCUT2D eigenvalue weighted by Gasteiger charge is -2.34. The zero-order chi connectivity index (χ0) is 17.5. The van der Waals surface area contributed by atoms with Gasteiger partial charge >= 0.3 is 5.97 Å². The van der Waals surface area contributed by atoms with E-state index in [2.05, 4.69) is 39.8 Å². The zero-order valence-electron chi connectivity index (χ0n) is 15.4. The second-order valence-corrected chi connectivity index (χ2v) is 9.51. The minimum atomic E-state index is -0.253. The van der Waals surface area contributed by atoms with Crippen LogP contribution in [0.5, 0.6) is 0 Å². The summed E-state index contributed by atoms with van der Waals surface area (Å²) in [6.07, 6.45) is 6.00. The van der Waals surface area contributed by atoms with Crippen molar-refractivity contribution in [1.82, 2.24) is 0 Å². The predicted octanol–water partition coefficient (Wildman–Crippen LogP) is 5.81. The van der Waals surface area contributed by atoms with Crippen LogP contribution in [-0.2, 0) is 4.74 Å². The molecule has 0 amide bonds. The molecule has 0 aromatic heterocycles. The van der Waals surface area contributed by atoms with Gasteiger partial charge in [0.05, 0.1) is 12.7 Å². The first-order chi connectivity index (χ1) is 11.2. The maximum atomic E-state index is 11.8. The van der Waals surface area contributed by atoms with E-state index in [-0.39, 0.29) is 5.97 Å². The maximum absolute atomic E-state index is 11.8. The molecule has 2 aliphatic rings. The van der Waals surface area contributed by atoms with Crippen molar-refractivity contribution in [2.45, 2.75) is 51.9 Å². The molecule has 1 aliphatic heterocycles. The number of hydrogen-bond donors (Lipinski definition) is 0. The van der Waals surface area contributed by atoms with Gasteiger partial charge in [-0.1, -0.05) is 39.8 Å². The zero-order valence-corrected chi connectivity index (χ0v) is 16.3. The van der Waals surface area contributed by atoms with Gasteiger partial charge in [0.25, 0.3) is 0 Å². The van der Waals surface area contributed by atoms with E-state index in [0.29, 0.717) is 22.3 Å². The van der Waals surface area contributed by atoms with Gasteiger partial charge in [0.15, 0.2) is 0 Å². The van der Waals surface area contributed by atoms with Crippen molar-refractivity contribution in [2.24, 2.45) is 16.7 Å². The van der Waals surface area contributed by atoms with Gasteiger partial charge in [0.2, 0.25) is 0 Å². The molecule has 0 spiro atoms. The lowest BCUT2D eigenvalue weighted by Crippen LogP contribution is -2.25. The molecule has 1 aromatic rings. The molecule has 1 aliphatic carbocycles. The van der Waals surface area contributed by atoms with E-state index in [1.807, 2.05) is 23.9 Å². The quantitative estimate of drug-likeness (QED) is 0.633. The normalized spacial score (nSPS) is 22.5. The van der Waals surface area contributed by atoms with E-state index < -0.39 is 0 Å². The van der Waals surface area contributed by atoms with Crippen molar-refractivity contribution in [1.29, 1.82) is 0 Å². The summed E-state index contributed by atoms with van der Waals surface area (Å²) < 4.78 is 4.88. The van der Waals surface area contributed by atoms with Crippen molar-refractivity contribution in [3.8, 4) is 0 Å². The van der Waals surface area contributed by atoms with Crippen LogP contribution in [0.3, 0.4) is 0 Å². The highest BCUT2D eigenvalue weighted by atomic mass is 32.2. The second-order valence-electron chi connectivity index (χ2n) is 8.37. The van der Waals surface area contributed by atoms with Gasteiger partial charge in [-0.15, -0.1) is 11.8 Å². The fourth-order valence-electron chi connectivity index (χ4n) is 4.08. The van der Waals surface area contributed by atoms with Crippen molar-refractivity contribution in [3.05, 3.63) is 35.4 Å². The molecule has 1 aromatic carbocycles. The fourth-order valence-corrected chi connectivity index (χ4v) is 5.09. The molecule has 0 radical (unpaired) electrons. The summed E-state index contributed by atoms with van der Waals surface area (Å²) in [6.45, 7) is 9.61. The number of rotatable bonds is 2. The van der Waals surface area contributed by atoms with Crippen LogP contribution in [0.1, 0.15) is 62.9 Å². The molecular formula is C21H28O2S. The average Bonchev–Trinajstić information content (AvgIpc) is 2.68. The van der Waals surface area contributed by atoms with Gasteiger partial charge in [-0.2, -0.15) is 0 Å². The van der Waals surface area contributed by atoms with Crippen molar-refractivity contribution >= 4 is 23.3 Å². The summed E-state index contributed by atoms with van der Waals surface area (Å²) in [6, 6.07) is 6.05. The summed E-state index contributed by atoms with van der Waals surface area (Å²) in [4.78, 5) is 13.1. The molecule has 1 fully saturated rings. The third kappa shape index (κ3) is 3.03.